The topological polar surface area (TPSA) is 19.9 Å². The second kappa shape index (κ2) is 5.42. The molecule has 0 unspecified atom stereocenters. The van der Waals surface area contributed by atoms with Gasteiger partial charge in [0.15, 0.2) is 0 Å². The molecule has 0 saturated heterocycles. The third-order valence-corrected chi connectivity index (χ3v) is 5.67. The van der Waals surface area contributed by atoms with Gasteiger partial charge in [0.25, 0.3) is 0 Å². The average molecular weight is 225 g/mol. The number of hydrogen-bond donors (Lipinski definition) is 0. The summed E-state index contributed by atoms with van der Waals surface area (Å²) in [7, 11) is -1.30. The third kappa shape index (κ3) is 4.58. The molecule has 0 aromatic heterocycles. The fourth-order valence-corrected chi connectivity index (χ4v) is 4.41. The molecule has 0 aliphatic rings. The molecular weight excluding hydrogens is 207 g/mol. The monoisotopic (exact) mass is 225 g/mol. The van der Waals surface area contributed by atoms with Crippen molar-refractivity contribution in [3.8, 4) is 0 Å². The van der Waals surface area contributed by atoms with Gasteiger partial charge in [-0.25, -0.2) is 9.50 Å². The predicted molar refractivity (Wildman–Crippen MR) is 62.6 cm³/mol. The molecule has 0 heterocycles. The van der Waals surface area contributed by atoms with Crippen LogP contribution >= 0.6 is 0 Å². The molecule has 1 aromatic rings. The molecule has 15 heavy (non-hydrogen) atoms. The maximum Gasteiger partial charge on any atom is 0.123 e. The molecule has 0 aliphatic carbocycles. The lowest BCUT2D eigenvalue weighted by Crippen LogP contribution is -2.29. The van der Waals surface area contributed by atoms with Crippen LogP contribution in [0.5, 0.6) is 0 Å². The van der Waals surface area contributed by atoms with E-state index in [1.165, 1.54) is 17.7 Å². The largest absolute Gasteiger partial charge is 0.237 e. The van der Waals surface area contributed by atoms with Crippen molar-refractivity contribution in [2.45, 2.75) is 31.6 Å². The van der Waals surface area contributed by atoms with Crippen LogP contribution in [0.15, 0.2) is 24.3 Å². The highest BCUT2D eigenvalue weighted by Crippen LogP contribution is 2.18. The van der Waals surface area contributed by atoms with E-state index in [4.69, 9.17) is 0 Å². The Balaban J connectivity index is 2.56. The van der Waals surface area contributed by atoms with Crippen LogP contribution in [0, 0.1) is 5.82 Å². The first-order valence-corrected chi connectivity index (χ1v) is 8.77. The van der Waals surface area contributed by atoms with Crippen molar-refractivity contribution in [3.05, 3.63) is 35.6 Å². The molecule has 0 N–H and O–H groups in total. The molecule has 1 radical (unpaired) electrons. The second-order valence-electron chi connectivity index (χ2n) is 4.78. The van der Waals surface area contributed by atoms with Crippen LogP contribution < -0.4 is 0 Å². The zero-order chi connectivity index (χ0) is 11.3. The molecule has 0 fully saturated rings. The summed E-state index contributed by atoms with van der Waals surface area (Å²) in [6, 6.07) is 8.81. The predicted octanol–water partition coefficient (Wildman–Crippen LogP) is 3.44. The van der Waals surface area contributed by atoms with Gasteiger partial charge in [-0.2, -0.15) is 0 Å². The van der Waals surface area contributed by atoms with Crippen molar-refractivity contribution in [1.82, 2.24) is 0 Å². The van der Waals surface area contributed by atoms with Gasteiger partial charge in [0.05, 0.1) is 14.7 Å². The molecule has 1 aromatic carbocycles. The summed E-state index contributed by atoms with van der Waals surface area (Å²) in [6.07, 6.45) is 0.778. The average Bonchev–Trinajstić information content (AvgIpc) is 2.18. The van der Waals surface area contributed by atoms with Gasteiger partial charge < -0.3 is 0 Å². The third-order valence-electron chi connectivity index (χ3n) is 2.59. The van der Waals surface area contributed by atoms with E-state index in [1.54, 1.807) is 0 Å². The highest BCUT2D eigenvalue weighted by Gasteiger charge is 2.20. The van der Waals surface area contributed by atoms with E-state index in [1.807, 2.05) is 12.1 Å². The van der Waals surface area contributed by atoms with Crippen LogP contribution in [-0.4, -0.2) is 14.7 Å². The van der Waals surface area contributed by atoms with Gasteiger partial charge in [-0.15, -0.1) is 0 Å². The molecule has 83 valence electrons. The minimum absolute atomic E-state index is 0.0276. The Labute approximate surface area is 92.0 Å². The van der Waals surface area contributed by atoms with Crippen molar-refractivity contribution in [1.29, 1.82) is 0 Å². The Morgan fingerprint density at radius 1 is 1.20 bits per heavy atom. The van der Waals surface area contributed by atoms with Crippen LogP contribution in [0.4, 0.5) is 4.39 Å². The maximum absolute atomic E-state index is 12.7. The molecule has 0 aliphatic heterocycles. The summed E-state index contributed by atoms with van der Waals surface area (Å²) < 4.78 is 12.7. The Hall–Kier alpha value is -0.673. The zero-order valence-electron chi connectivity index (χ0n) is 9.42. The molecule has 3 heteroatoms. The molecule has 0 amide bonds. The van der Waals surface area contributed by atoms with Gasteiger partial charge in [-0.1, -0.05) is 36.8 Å². The van der Waals surface area contributed by atoms with Crippen molar-refractivity contribution in [3.63, 3.8) is 0 Å². The number of benzene rings is 1. The lowest BCUT2D eigenvalue weighted by Gasteiger charge is -2.21. The molecule has 1 rings (SSSR count). The lowest BCUT2D eigenvalue weighted by molar-refractivity contribution is 0.193. The highest BCUT2D eigenvalue weighted by molar-refractivity contribution is 6.76. The summed E-state index contributed by atoms with van der Waals surface area (Å²) in [5.74, 6) is -0.183. The first-order chi connectivity index (χ1) is 7.03. The molecule has 0 saturated carbocycles. The quantitative estimate of drug-likeness (QED) is 0.684. The normalized spacial score (nSPS) is 11.7. The Kier molecular flexibility index (Phi) is 4.48. The Morgan fingerprint density at radius 2 is 1.80 bits per heavy atom. The van der Waals surface area contributed by atoms with Crippen LogP contribution in [0.1, 0.15) is 12.0 Å². The summed E-state index contributed by atoms with van der Waals surface area (Å²) in [4.78, 5) is 0. The van der Waals surface area contributed by atoms with Crippen LogP contribution in [0.3, 0.4) is 0 Å². The Morgan fingerprint density at radius 3 is 2.33 bits per heavy atom. The molecule has 0 atom stereocenters. The molecular formula is C12H18FOSi. The van der Waals surface area contributed by atoms with Gasteiger partial charge in [-0.05, 0) is 24.6 Å². The number of hydrogen-bond acceptors (Lipinski definition) is 0. The highest BCUT2D eigenvalue weighted by atomic mass is 28.3. The zero-order valence-corrected chi connectivity index (χ0v) is 10.4. The minimum atomic E-state index is -1.30. The lowest BCUT2D eigenvalue weighted by atomic mass is 10.2. The van der Waals surface area contributed by atoms with E-state index in [2.05, 4.69) is 13.1 Å². The fourth-order valence-electron chi connectivity index (χ4n) is 1.79. The minimum Gasteiger partial charge on any atom is -0.237 e. The van der Waals surface area contributed by atoms with Crippen molar-refractivity contribution < 1.29 is 9.50 Å². The molecule has 0 bridgehead atoms. The first kappa shape index (κ1) is 12.4. The van der Waals surface area contributed by atoms with E-state index in [0.29, 0.717) is 0 Å². The summed E-state index contributed by atoms with van der Waals surface area (Å²) in [5.41, 5.74) is 1.19. The Bertz CT molecular complexity index is 295. The maximum atomic E-state index is 12.7. The van der Waals surface area contributed by atoms with Crippen molar-refractivity contribution >= 4 is 8.07 Å². The summed E-state index contributed by atoms with van der Waals surface area (Å²) in [6.45, 7) is 4.60. The van der Waals surface area contributed by atoms with Crippen LogP contribution in [0.25, 0.3) is 0 Å². The SMILES string of the molecule is C[Si](C)(CCC[O])Cc1ccc(F)cc1. The standard InChI is InChI=1S/C12H18FOSi/c1-15(2,9-3-8-14)10-11-4-6-12(13)7-5-11/h4-7H,3,8-10H2,1-2H3. The number of rotatable bonds is 5. The second-order valence-corrected chi connectivity index (χ2v) is 9.96. The van der Waals surface area contributed by atoms with Gasteiger partial charge >= 0.3 is 0 Å². The van der Waals surface area contributed by atoms with Gasteiger partial charge in [-0.3, -0.25) is 0 Å². The van der Waals surface area contributed by atoms with E-state index < -0.39 is 8.07 Å². The first-order valence-electron chi connectivity index (χ1n) is 5.36. The van der Waals surface area contributed by atoms with E-state index in [-0.39, 0.29) is 12.4 Å². The smallest absolute Gasteiger partial charge is 0.123 e. The molecule has 1 nitrogen and oxygen atoms in total. The van der Waals surface area contributed by atoms with E-state index >= 15 is 0 Å². The van der Waals surface area contributed by atoms with Crippen LogP contribution in [-0.2, 0) is 11.2 Å². The fraction of sp³-hybridized carbons (Fsp3) is 0.500. The molecule has 0 spiro atoms. The summed E-state index contributed by atoms with van der Waals surface area (Å²) >= 11 is 0. The van der Waals surface area contributed by atoms with Crippen molar-refractivity contribution in [2.24, 2.45) is 0 Å². The van der Waals surface area contributed by atoms with E-state index in [0.717, 1.165) is 18.5 Å². The van der Waals surface area contributed by atoms with Gasteiger partial charge in [0.2, 0.25) is 0 Å². The van der Waals surface area contributed by atoms with Crippen LogP contribution in [0.2, 0.25) is 19.1 Å². The van der Waals surface area contributed by atoms with Crippen molar-refractivity contribution in [2.75, 3.05) is 6.61 Å². The van der Waals surface area contributed by atoms with E-state index in [9.17, 15) is 9.50 Å². The summed E-state index contributed by atoms with van der Waals surface area (Å²) in [5, 5.41) is 10.4. The van der Waals surface area contributed by atoms with Gasteiger partial charge in [0.1, 0.15) is 5.82 Å². The number of halogens is 1. The van der Waals surface area contributed by atoms with Gasteiger partial charge in [0, 0.05) is 0 Å².